The van der Waals surface area contributed by atoms with E-state index in [1.165, 1.54) is 5.56 Å². The Bertz CT molecular complexity index is 570. The molecular formula is C14H19BrN4S. The van der Waals surface area contributed by atoms with Crippen molar-refractivity contribution in [2.75, 3.05) is 24.3 Å². The van der Waals surface area contributed by atoms with Crippen LogP contribution in [0.25, 0.3) is 0 Å². The van der Waals surface area contributed by atoms with Gasteiger partial charge in [-0.3, -0.25) is 0 Å². The molecule has 108 valence electrons. The van der Waals surface area contributed by atoms with Gasteiger partial charge in [-0.25, -0.2) is 9.97 Å². The number of anilines is 2. The molecule has 0 saturated heterocycles. The lowest BCUT2D eigenvalue weighted by Crippen LogP contribution is -2.18. The highest BCUT2D eigenvalue weighted by atomic mass is 79.9. The van der Waals surface area contributed by atoms with Crippen molar-refractivity contribution in [2.45, 2.75) is 26.3 Å². The maximum absolute atomic E-state index is 4.64. The van der Waals surface area contributed by atoms with Crippen LogP contribution in [0.5, 0.6) is 0 Å². The quantitative estimate of drug-likeness (QED) is 0.852. The van der Waals surface area contributed by atoms with Crippen LogP contribution in [0, 0.1) is 0 Å². The summed E-state index contributed by atoms with van der Waals surface area (Å²) in [6, 6.07) is 4.13. The number of aryl methyl sites for hydroxylation is 1. The molecule has 0 saturated carbocycles. The monoisotopic (exact) mass is 354 g/mol. The van der Waals surface area contributed by atoms with Crippen molar-refractivity contribution in [3.8, 4) is 0 Å². The van der Waals surface area contributed by atoms with E-state index in [4.69, 9.17) is 0 Å². The lowest BCUT2D eigenvalue weighted by atomic mass is 10.3. The van der Waals surface area contributed by atoms with Gasteiger partial charge in [-0.2, -0.15) is 0 Å². The van der Waals surface area contributed by atoms with E-state index in [-0.39, 0.29) is 0 Å². The van der Waals surface area contributed by atoms with Gasteiger partial charge >= 0.3 is 0 Å². The largest absolute Gasteiger partial charge is 0.373 e. The van der Waals surface area contributed by atoms with E-state index < -0.39 is 0 Å². The van der Waals surface area contributed by atoms with Gasteiger partial charge in [-0.1, -0.05) is 6.92 Å². The van der Waals surface area contributed by atoms with Gasteiger partial charge in [0.25, 0.3) is 0 Å². The van der Waals surface area contributed by atoms with Gasteiger partial charge in [0.1, 0.15) is 17.5 Å². The van der Waals surface area contributed by atoms with Crippen LogP contribution < -0.4 is 10.2 Å². The van der Waals surface area contributed by atoms with Crippen LogP contribution in [0.15, 0.2) is 21.3 Å². The number of nitrogens with zero attached hydrogens (tertiary/aromatic N) is 3. The Balaban J connectivity index is 2.19. The van der Waals surface area contributed by atoms with E-state index in [0.29, 0.717) is 0 Å². The summed E-state index contributed by atoms with van der Waals surface area (Å²) in [5, 5.41) is 5.27. The number of aromatic nitrogens is 2. The standard InChI is InChI=1S/C14H19BrN4S/c1-4-5-12-17-13(16-2)7-14(18-12)19(3)8-10-6-11(15)20-9-10/h6-7,9H,4-5,8H2,1-3H3,(H,16,17,18). The topological polar surface area (TPSA) is 41.1 Å². The second kappa shape index (κ2) is 7.04. The van der Waals surface area contributed by atoms with Crippen LogP contribution in [0.2, 0.25) is 0 Å². The summed E-state index contributed by atoms with van der Waals surface area (Å²) in [7, 11) is 3.95. The fourth-order valence-electron chi connectivity index (χ4n) is 1.93. The minimum absolute atomic E-state index is 0.841. The number of halogens is 1. The third-order valence-electron chi connectivity index (χ3n) is 2.92. The maximum Gasteiger partial charge on any atom is 0.134 e. The summed E-state index contributed by atoms with van der Waals surface area (Å²) < 4.78 is 1.16. The van der Waals surface area contributed by atoms with Crippen LogP contribution in [0.1, 0.15) is 24.7 Å². The Kier molecular flexibility index (Phi) is 5.37. The second-order valence-electron chi connectivity index (χ2n) is 4.64. The molecule has 0 aromatic carbocycles. The molecular weight excluding hydrogens is 336 g/mol. The Hall–Kier alpha value is -1.14. The van der Waals surface area contributed by atoms with Crippen molar-refractivity contribution < 1.29 is 0 Å². The SMILES string of the molecule is CCCc1nc(NC)cc(N(C)Cc2csc(Br)c2)n1. The summed E-state index contributed by atoms with van der Waals surface area (Å²) in [4.78, 5) is 11.3. The Morgan fingerprint density at radius 1 is 1.35 bits per heavy atom. The van der Waals surface area contributed by atoms with E-state index in [1.54, 1.807) is 11.3 Å². The number of thiophene rings is 1. The first kappa shape index (κ1) is 15.3. The van der Waals surface area contributed by atoms with E-state index in [2.05, 4.69) is 61.5 Å². The normalized spacial score (nSPS) is 10.6. The van der Waals surface area contributed by atoms with Gasteiger partial charge in [0.2, 0.25) is 0 Å². The first-order chi connectivity index (χ1) is 9.62. The molecule has 20 heavy (non-hydrogen) atoms. The summed E-state index contributed by atoms with van der Waals surface area (Å²) in [5.41, 5.74) is 1.28. The molecule has 0 spiro atoms. The predicted molar refractivity (Wildman–Crippen MR) is 89.7 cm³/mol. The van der Waals surface area contributed by atoms with Gasteiger partial charge in [0, 0.05) is 33.1 Å². The van der Waals surface area contributed by atoms with Gasteiger partial charge in [-0.15, -0.1) is 11.3 Å². The van der Waals surface area contributed by atoms with Gasteiger partial charge in [0.05, 0.1) is 3.79 Å². The lowest BCUT2D eigenvalue weighted by Gasteiger charge is -2.19. The molecule has 0 radical (unpaired) electrons. The number of nitrogens with one attached hydrogen (secondary N) is 1. The summed E-state index contributed by atoms with van der Waals surface area (Å²) >= 11 is 5.20. The molecule has 2 aromatic heterocycles. The fraction of sp³-hybridized carbons (Fsp3) is 0.429. The Labute approximate surface area is 132 Å². The van der Waals surface area contributed by atoms with Crippen LogP contribution in [-0.2, 0) is 13.0 Å². The van der Waals surface area contributed by atoms with Crippen molar-refractivity contribution in [3.63, 3.8) is 0 Å². The van der Waals surface area contributed by atoms with Crippen LogP contribution in [0.4, 0.5) is 11.6 Å². The van der Waals surface area contributed by atoms with Gasteiger partial charge < -0.3 is 10.2 Å². The highest BCUT2D eigenvalue weighted by Gasteiger charge is 2.09. The first-order valence-electron chi connectivity index (χ1n) is 6.62. The van der Waals surface area contributed by atoms with Crippen molar-refractivity contribution >= 4 is 38.9 Å². The molecule has 0 amide bonds. The van der Waals surface area contributed by atoms with Gasteiger partial charge in [0.15, 0.2) is 0 Å². The van der Waals surface area contributed by atoms with Crippen molar-refractivity contribution in [3.05, 3.63) is 32.7 Å². The molecule has 2 heterocycles. The van der Waals surface area contributed by atoms with E-state index in [1.807, 2.05) is 13.1 Å². The highest BCUT2D eigenvalue weighted by Crippen LogP contribution is 2.23. The molecule has 1 N–H and O–H groups in total. The summed E-state index contributed by atoms with van der Waals surface area (Å²) in [6.07, 6.45) is 1.95. The maximum atomic E-state index is 4.64. The van der Waals surface area contributed by atoms with Crippen LogP contribution in [0.3, 0.4) is 0 Å². The highest BCUT2D eigenvalue weighted by molar-refractivity contribution is 9.11. The zero-order valence-corrected chi connectivity index (χ0v) is 14.4. The molecule has 0 unspecified atom stereocenters. The zero-order chi connectivity index (χ0) is 14.5. The average molecular weight is 355 g/mol. The second-order valence-corrected chi connectivity index (χ2v) is 6.93. The van der Waals surface area contributed by atoms with Crippen molar-refractivity contribution in [2.24, 2.45) is 0 Å². The molecule has 4 nitrogen and oxygen atoms in total. The molecule has 0 atom stereocenters. The Morgan fingerprint density at radius 3 is 2.75 bits per heavy atom. The van der Waals surface area contributed by atoms with Crippen molar-refractivity contribution in [1.82, 2.24) is 9.97 Å². The number of rotatable bonds is 6. The predicted octanol–water partition coefficient (Wildman–Crippen LogP) is 3.93. The molecule has 2 rings (SSSR count). The number of hydrogen-bond acceptors (Lipinski definition) is 5. The summed E-state index contributed by atoms with van der Waals surface area (Å²) in [5.74, 6) is 2.72. The smallest absolute Gasteiger partial charge is 0.134 e. The fourth-order valence-corrected chi connectivity index (χ4v) is 3.13. The molecule has 0 fully saturated rings. The molecule has 6 heteroatoms. The van der Waals surface area contributed by atoms with E-state index in [9.17, 15) is 0 Å². The minimum atomic E-state index is 0.841. The Morgan fingerprint density at radius 2 is 2.15 bits per heavy atom. The third-order valence-corrected chi connectivity index (χ3v) is 4.47. The minimum Gasteiger partial charge on any atom is -0.373 e. The molecule has 0 bridgehead atoms. The molecule has 2 aromatic rings. The molecule has 0 aliphatic rings. The molecule has 0 aliphatic carbocycles. The molecule has 0 aliphatic heterocycles. The average Bonchev–Trinajstić information content (AvgIpc) is 2.84. The van der Waals surface area contributed by atoms with E-state index >= 15 is 0 Å². The first-order valence-corrected chi connectivity index (χ1v) is 8.29. The van der Waals surface area contributed by atoms with Gasteiger partial charge in [-0.05, 0) is 39.4 Å². The van der Waals surface area contributed by atoms with Crippen LogP contribution in [-0.4, -0.2) is 24.1 Å². The summed E-state index contributed by atoms with van der Waals surface area (Å²) in [6.45, 7) is 2.98. The number of hydrogen-bond donors (Lipinski definition) is 1. The third kappa shape index (κ3) is 3.93. The lowest BCUT2D eigenvalue weighted by molar-refractivity contribution is 0.814. The van der Waals surface area contributed by atoms with E-state index in [0.717, 1.165) is 40.6 Å². The van der Waals surface area contributed by atoms with Crippen LogP contribution >= 0.6 is 27.3 Å². The van der Waals surface area contributed by atoms with Crippen molar-refractivity contribution in [1.29, 1.82) is 0 Å². The zero-order valence-electron chi connectivity index (χ0n) is 12.0.